The van der Waals surface area contributed by atoms with E-state index in [1.54, 1.807) is 11.3 Å². The molecule has 3 amide bonds. The van der Waals surface area contributed by atoms with E-state index >= 15 is 0 Å². The van der Waals surface area contributed by atoms with Crippen LogP contribution in [0.4, 0.5) is 4.79 Å². The summed E-state index contributed by atoms with van der Waals surface area (Å²) in [5, 5.41) is 7.01. The second kappa shape index (κ2) is 10.8. The average molecular weight is 493 g/mol. The number of rotatable bonds is 7. The van der Waals surface area contributed by atoms with Gasteiger partial charge in [0.25, 0.3) is 0 Å². The van der Waals surface area contributed by atoms with E-state index in [2.05, 4.69) is 10.6 Å². The molecule has 0 unspecified atom stereocenters. The number of carbonyl (C=O) groups excluding carboxylic acids is 2. The number of thiophene rings is 1. The second-order valence-corrected chi connectivity index (χ2v) is 11.3. The van der Waals surface area contributed by atoms with Gasteiger partial charge in [-0.2, -0.15) is 4.31 Å². The maximum atomic E-state index is 13.4. The van der Waals surface area contributed by atoms with Gasteiger partial charge in [0, 0.05) is 37.6 Å². The number of carbonyl (C=O) groups is 2. The zero-order valence-corrected chi connectivity index (χ0v) is 21.2. The molecule has 8 nitrogen and oxygen atoms in total. The van der Waals surface area contributed by atoms with Gasteiger partial charge in [-0.25, -0.2) is 13.2 Å². The van der Waals surface area contributed by atoms with Crippen molar-refractivity contribution in [1.82, 2.24) is 19.8 Å². The van der Waals surface area contributed by atoms with E-state index in [9.17, 15) is 18.0 Å². The van der Waals surface area contributed by atoms with Crippen LogP contribution in [0.1, 0.15) is 27.1 Å². The lowest BCUT2D eigenvalue weighted by Crippen LogP contribution is -2.52. The monoisotopic (exact) mass is 492 g/mol. The summed E-state index contributed by atoms with van der Waals surface area (Å²) in [5.41, 5.74) is 3.48. The smallest absolute Gasteiger partial charge is 0.321 e. The van der Waals surface area contributed by atoms with E-state index in [-0.39, 0.29) is 6.54 Å². The number of amides is 3. The molecular formula is C23H32N4O4S2. The number of benzene rings is 1. The Morgan fingerprint density at radius 2 is 1.67 bits per heavy atom. The molecule has 0 aliphatic carbocycles. The van der Waals surface area contributed by atoms with Gasteiger partial charge in [-0.1, -0.05) is 12.1 Å². The molecule has 0 saturated carbocycles. The highest BCUT2D eigenvalue weighted by molar-refractivity contribution is 7.89. The lowest BCUT2D eigenvalue weighted by molar-refractivity contribution is -0.121. The third kappa shape index (κ3) is 6.20. The number of nitrogens with zero attached hydrogens (tertiary/aromatic N) is 2. The summed E-state index contributed by atoms with van der Waals surface area (Å²) >= 11 is 1.62. The van der Waals surface area contributed by atoms with Crippen molar-refractivity contribution < 1.29 is 18.0 Å². The Morgan fingerprint density at radius 1 is 1.03 bits per heavy atom. The van der Waals surface area contributed by atoms with Crippen LogP contribution in [0.5, 0.6) is 0 Å². The number of hydrogen-bond donors (Lipinski definition) is 2. The summed E-state index contributed by atoms with van der Waals surface area (Å²) in [4.78, 5) is 27.6. The molecule has 1 aliphatic rings. The van der Waals surface area contributed by atoms with E-state index in [1.165, 1.54) is 9.18 Å². The maximum absolute atomic E-state index is 13.4. The SMILES string of the molecule is Cc1cc(C)c(C)c(S(=O)(=O)N2CCN(CC(=O)NC(=O)NCCc3cccs3)CC2)c1C. The Hall–Kier alpha value is -2.27. The minimum absolute atomic E-state index is 0.0494. The maximum Gasteiger partial charge on any atom is 0.321 e. The van der Waals surface area contributed by atoms with Gasteiger partial charge in [0.2, 0.25) is 15.9 Å². The molecule has 1 aromatic carbocycles. The highest BCUT2D eigenvalue weighted by Crippen LogP contribution is 2.29. The molecule has 1 fully saturated rings. The number of urea groups is 1. The number of imide groups is 1. The van der Waals surface area contributed by atoms with Crippen molar-refractivity contribution in [2.45, 2.75) is 39.0 Å². The minimum atomic E-state index is -3.63. The largest absolute Gasteiger partial charge is 0.337 e. The Morgan fingerprint density at radius 3 is 2.24 bits per heavy atom. The fourth-order valence-corrected chi connectivity index (χ4v) is 6.70. The predicted molar refractivity (Wildman–Crippen MR) is 130 cm³/mol. The lowest BCUT2D eigenvalue weighted by atomic mass is 10.0. The topological polar surface area (TPSA) is 98.8 Å². The Labute approximate surface area is 200 Å². The van der Waals surface area contributed by atoms with Crippen molar-refractivity contribution in [3.8, 4) is 0 Å². The number of aryl methyl sites for hydroxylation is 2. The first-order chi connectivity index (χ1) is 15.6. The van der Waals surface area contributed by atoms with Gasteiger partial charge >= 0.3 is 6.03 Å². The van der Waals surface area contributed by atoms with Gasteiger partial charge in [0.05, 0.1) is 11.4 Å². The first kappa shape index (κ1) is 25.4. The van der Waals surface area contributed by atoms with Crippen molar-refractivity contribution in [3.05, 3.63) is 50.7 Å². The number of nitrogens with one attached hydrogen (secondary N) is 2. The van der Waals surface area contributed by atoms with Crippen molar-refractivity contribution in [2.75, 3.05) is 39.3 Å². The fraction of sp³-hybridized carbons (Fsp3) is 0.478. The van der Waals surface area contributed by atoms with Crippen LogP contribution in [0.15, 0.2) is 28.5 Å². The summed E-state index contributed by atoms with van der Waals surface area (Å²) in [6.45, 7) is 9.50. The molecule has 1 aliphatic heterocycles. The minimum Gasteiger partial charge on any atom is -0.337 e. The lowest BCUT2D eigenvalue weighted by Gasteiger charge is -2.34. The van der Waals surface area contributed by atoms with Crippen LogP contribution >= 0.6 is 11.3 Å². The fourth-order valence-electron chi connectivity index (χ4n) is 3.99. The molecule has 10 heteroatoms. The van der Waals surface area contributed by atoms with Gasteiger partial charge in [0.15, 0.2) is 0 Å². The van der Waals surface area contributed by atoms with Crippen LogP contribution in [0.3, 0.4) is 0 Å². The number of piperazine rings is 1. The van der Waals surface area contributed by atoms with Gasteiger partial charge in [-0.15, -0.1) is 11.3 Å². The molecule has 3 rings (SSSR count). The van der Waals surface area contributed by atoms with Crippen LogP contribution in [-0.2, 0) is 21.2 Å². The molecule has 1 aromatic heterocycles. The molecule has 2 N–H and O–H groups in total. The zero-order valence-electron chi connectivity index (χ0n) is 19.6. The van der Waals surface area contributed by atoms with Gasteiger partial charge in [-0.3, -0.25) is 15.0 Å². The molecule has 2 heterocycles. The molecule has 0 atom stereocenters. The molecule has 1 saturated heterocycles. The van der Waals surface area contributed by atoms with Crippen LogP contribution in [-0.4, -0.2) is 68.8 Å². The van der Waals surface area contributed by atoms with Gasteiger partial charge in [-0.05, 0) is 67.8 Å². The zero-order chi connectivity index (χ0) is 24.2. The number of hydrogen-bond acceptors (Lipinski definition) is 6. The highest BCUT2D eigenvalue weighted by atomic mass is 32.2. The first-order valence-electron chi connectivity index (χ1n) is 11.0. The van der Waals surface area contributed by atoms with Crippen molar-refractivity contribution >= 4 is 33.3 Å². The van der Waals surface area contributed by atoms with Crippen LogP contribution in [0, 0.1) is 27.7 Å². The average Bonchev–Trinajstić information content (AvgIpc) is 3.26. The van der Waals surface area contributed by atoms with E-state index in [0.29, 0.717) is 37.6 Å². The second-order valence-electron chi connectivity index (χ2n) is 8.40. The summed E-state index contributed by atoms with van der Waals surface area (Å²) < 4.78 is 28.2. The van der Waals surface area contributed by atoms with E-state index in [1.807, 2.05) is 56.2 Å². The molecule has 0 radical (unpaired) electrons. The van der Waals surface area contributed by atoms with Crippen LogP contribution in [0.25, 0.3) is 0 Å². The van der Waals surface area contributed by atoms with E-state index in [4.69, 9.17) is 0 Å². The van der Waals surface area contributed by atoms with Crippen molar-refractivity contribution in [1.29, 1.82) is 0 Å². The molecule has 180 valence electrons. The quantitative estimate of drug-likeness (QED) is 0.618. The van der Waals surface area contributed by atoms with Crippen molar-refractivity contribution in [3.63, 3.8) is 0 Å². The summed E-state index contributed by atoms with van der Waals surface area (Å²) in [6, 6.07) is 5.45. The van der Waals surface area contributed by atoms with Crippen LogP contribution in [0.2, 0.25) is 0 Å². The standard InChI is InChI=1S/C23H32N4O4S2/c1-16-14-17(2)19(4)22(18(16)3)33(30,31)27-11-9-26(10-12-27)15-21(28)25-23(29)24-8-7-20-6-5-13-32-20/h5-6,13-14H,7-12,15H2,1-4H3,(H2,24,25,28,29). The Bertz CT molecular complexity index is 1080. The summed E-state index contributed by atoms with van der Waals surface area (Å²) in [5.74, 6) is -0.402. The normalized spacial score (nSPS) is 15.4. The van der Waals surface area contributed by atoms with Gasteiger partial charge in [0.1, 0.15) is 0 Å². The van der Waals surface area contributed by atoms with E-state index < -0.39 is 22.0 Å². The highest BCUT2D eigenvalue weighted by Gasteiger charge is 2.32. The molecular weight excluding hydrogens is 460 g/mol. The molecule has 0 bridgehead atoms. The molecule has 33 heavy (non-hydrogen) atoms. The third-order valence-corrected chi connectivity index (χ3v) is 9.19. The van der Waals surface area contributed by atoms with Crippen LogP contribution < -0.4 is 10.6 Å². The van der Waals surface area contributed by atoms with Gasteiger partial charge < -0.3 is 5.32 Å². The Kier molecular flexibility index (Phi) is 8.28. The summed E-state index contributed by atoms with van der Waals surface area (Å²) in [7, 11) is -3.63. The summed E-state index contributed by atoms with van der Waals surface area (Å²) in [6.07, 6.45) is 0.717. The third-order valence-electron chi connectivity index (χ3n) is 6.08. The van der Waals surface area contributed by atoms with E-state index in [0.717, 1.165) is 28.7 Å². The van der Waals surface area contributed by atoms with Crippen molar-refractivity contribution in [2.24, 2.45) is 0 Å². The first-order valence-corrected chi connectivity index (χ1v) is 13.3. The molecule has 2 aromatic rings. The Balaban J connectivity index is 1.49. The predicted octanol–water partition coefficient (Wildman–Crippen LogP) is 2.36. The number of sulfonamides is 1. The molecule has 0 spiro atoms.